The first-order chi connectivity index (χ1) is 12.5. The number of amides is 2. The van der Waals surface area contributed by atoms with Gasteiger partial charge in [0.05, 0.1) is 0 Å². The predicted octanol–water partition coefficient (Wildman–Crippen LogP) is 4.07. The lowest BCUT2D eigenvalue weighted by atomic mass is 9.96. The zero-order chi connectivity index (χ0) is 18.5. The first-order valence-corrected chi connectivity index (χ1v) is 9.08. The number of furan rings is 1. The summed E-state index contributed by atoms with van der Waals surface area (Å²) in [4.78, 5) is 14.4. The Morgan fingerprint density at radius 3 is 2.54 bits per heavy atom. The maximum absolute atomic E-state index is 12.9. The van der Waals surface area contributed by atoms with E-state index in [-0.39, 0.29) is 11.8 Å². The van der Waals surface area contributed by atoms with Gasteiger partial charge in [-0.05, 0) is 76.0 Å². The summed E-state index contributed by atoms with van der Waals surface area (Å²) in [7, 11) is 0. The average Bonchev–Trinajstić information content (AvgIpc) is 2.93. The second kappa shape index (κ2) is 8.36. The smallest absolute Gasteiger partial charge is 0.319 e. The van der Waals surface area contributed by atoms with E-state index in [0.29, 0.717) is 18.2 Å². The van der Waals surface area contributed by atoms with Crippen LogP contribution < -0.4 is 10.6 Å². The van der Waals surface area contributed by atoms with Crippen molar-refractivity contribution >= 4 is 11.7 Å². The van der Waals surface area contributed by atoms with Gasteiger partial charge in [0.2, 0.25) is 0 Å². The number of halogens is 1. The second-order valence-electron chi connectivity index (χ2n) is 7.00. The highest BCUT2D eigenvalue weighted by atomic mass is 19.1. The quantitative estimate of drug-likeness (QED) is 0.846. The van der Waals surface area contributed by atoms with Gasteiger partial charge in [-0.25, -0.2) is 9.18 Å². The summed E-state index contributed by atoms with van der Waals surface area (Å²) in [5.74, 6) is 2.13. The molecule has 1 aliphatic rings. The lowest BCUT2D eigenvalue weighted by Crippen LogP contribution is -2.39. The van der Waals surface area contributed by atoms with Gasteiger partial charge < -0.3 is 15.1 Å². The van der Waals surface area contributed by atoms with Crippen molar-refractivity contribution < 1.29 is 13.6 Å². The van der Waals surface area contributed by atoms with Crippen LogP contribution in [-0.4, -0.2) is 30.6 Å². The summed E-state index contributed by atoms with van der Waals surface area (Å²) in [6.07, 6.45) is 2.12. The number of urea groups is 1. The zero-order valence-corrected chi connectivity index (χ0v) is 15.3. The Morgan fingerprint density at radius 2 is 1.92 bits per heavy atom. The number of carbonyl (C=O) groups is 1. The largest absolute Gasteiger partial charge is 0.466 e. The Morgan fingerprint density at radius 1 is 1.23 bits per heavy atom. The fraction of sp³-hybridized carbons (Fsp3) is 0.450. The van der Waals surface area contributed by atoms with Gasteiger partial charge >= 0.3 is 6.03 Å². The Balaban J connectivity index is 1.38. The number of likely N-dealkylation sites (tertiary alicyclic amines) is 1. The van der Waals surface area contributed by atoms with Gasteiger partial charge in [-0.15, -0.1) is 0 Å². The van der Waals surface area contributed by atoms with E-state index in [4.69, 9.17) is 4.42 Å². The molecule has 5 nitrogen and oxygen atoms in total. The van der Waals surface area contributed by atoms with Crippen LogP contribution in [0.4, 0.5) is 14.9 Å². The van der Waals surface area contributed by atoms with Crippen LogP contribution in [0.15, 0.2) is 34.7 Å². The molecule has 0 atom stereocenters. The molecule has 1 fully saturated rings. The molecule has 0 aliphatic carbocycles. The normalized spacial score (nSPS) is 15.8. The van der Waals surface area contributed by atoms with E-state index >= 15 is 0 Å². The van der Waals surface area contributed by atoms with Crippen molar-refractivity contribution in [3.63, 3.8) is 0 Å². The molecule has 1 aromatic heterocycles. The van der Waals surface area contributed by atoms with Gasteiger partial charge in [-0.1, -0.05) is 0 Å². The Bertz CT molecular complexity index is 734. The molecule has 0 radical (unpaired) electrons. The van der Waals surface area contributed by atoms with Crippen LogP contribution in [0.25, 0.3) is 0 Å². The minimum absolute atomic E-state index is 0.247. The molecule has 1 aromatic carbocycles. The van der Waals surface area contributed by atoms with E-state index in [1.54, 1.807) is 12.1 Å². The third-order valence-corrected chi connectivity index (χ3v) is 4.90. The van der Waals surface area contributed by atoms with Gasteiger partial charge in [0.15, 0.2) is 0 Å². The molecule has 2 amide bonds. The van der Waals surface area contributed by atoms with E-state index in [9.17, 15) is 9.18 Å². The van der Waals surface area contributed by atoms with Gasteiger partial charge in [-0.3, -0.25) is 4.90 Å². The van der Waals surface area contributed by atoms with E-state index < -0.39 is 0 Å². The first kappa shape index (κ1) is 18.5. The molecule has 0 saturated carbocycles. The lowest BCUT2D eigenvalue weighted by molar-refractivity contribution is 0.175. The molecule has 1 aliphatic heterocycles. The van der Waals surface area contributed by atoms with E-state index in [2.05, 4.69) is 21.6 Å². The molecular weight excluding hydrogens is 333 g/mol. The molecule has 1 saturated heterocycles. The van der Waals surface area contributed by atoms with Gasteiger partial charge in [0.1, 0.15) is 17.3 Å². The molecule has 2 heterocycles. The van der Waals surface area contributed by atoms with Gasteiger partial charge in [-0.2, -0.15) is 0 Å². The zero-order valence-electron chi connectivity index (χ0n) is 15.3. The van der Waals surface area contributed by atoms with Gasteiger partial charge in [0.25, 0.3) is 0 Å². The number of hydrogen-bond donors (Lipinski definition) is 2. The third kappa shape index (κ3) is 5.08. The first-order valence-electron chi connectivity index (χ1n) is 9.08. The summed E-state index contributed by atoms with van der Waals surface area (Å²) in [5.41, 5.74) is 1.85. The molecule has 3 rings (SSSR count). The van der Waals surface area contributed by atoms with Crippen molar-refractivity contribution in [3.05, 3.63) is 53.2 Å². The van der Waals surface area contributed by atoms with Crippen molar-refractivity contribution in [3.8, 4) is 0 Å². The molecule has 2 aromatic rings. The van der Waals surface area contributed by atoms with Crippen molar-refractivity contribution in [2.45, 2.75) is 33.2 Å². The molecule has 2 N–H and O–H groups in total. The topological polar surface area (TPSA) is 57.5 Å². The van der Waals surface area contributed by atoms with Crippen molar-refractivity contribution in [1.29, 1.82) is 0 Å². The number of nitrogens with one attached hydrogen (secondary N) is 2. The minimum Gasteiger partial charge on any atom is -0.466 e. The number of piperidine rings is 1. The highest BCUT2D eigenvalue weighted by Crippen LogP contribution is 2.21. The van der Waals surface area contributed by atoms with Crippen LogP contribution in [0.3, 0.4) is 0 Å². The Kier molecular flexibility index (Phi) is 5.93. The molecule has 0 bridgehead atoms. The number of benzene rings is 1. The number of rotatable bonds is 5. The number of aryl methyl sites for hydroxylation is 2. The monoisotopic (exact) mass is 359 g/mol. The number of anilines is 1. The number of carbonyl (C=O) groups excluding carboxylic acids is 1. The van der Waals surface area contributed by atoms with E-state index in [1.165, 1.54) is 17.7 Å². The summed E-state index contributed by atoms with van der Waals surface area (Å²) in [6.45, 7) is 7.62. The summed E-state index contributed by atoms with van der Waals surface area (Å²) in [5, 5.41) is 5.64. The van der Waals surface area contributed by atoms with Crippen LogP contribution >= 0.6 is 0 Å². The molecule has 6 heteroatoms. The van der Waals surface area contributed by atoms with Crippen LogP contribution in [0.5, 0.6) is 0 Å². The summed E-state index contributed by atoms with van der Waals surface area (Å²) < 4.78 is 18.5. The number of hydrogen-bond acceptors (Lipinski definition) is 3. The summed E-state index contributed by atoms with van der Waals surface area (Å²) >= 11 is 0. The SMILES string of the molecule is Cc1cc(CN2CCC(CNC(=O)Nc3ccc(F)cc3)CC2)c(C)o1. The Hall–Kier alpha value is -2.34. The van der Waals surface area contributed by atoms with E-state index in [1.807, 2.05) is 13.8 Å². The van der Waals surface area contributed by atoms with Gasteiger partial charge in [0, 0.05) is 24.3 Å². The number of nitrogens with zero attached hydrogens (tertiary/aromatic N) is 1. The third-order valence-electron chi connectivity index (χ3n) is 4.90. The molecule has 140 valence electrons. The maximum Gasteiger partial charge on any atom is 0.319 e. The molecule has 0 unspecified atom stereocenters. The molecular formula is C20H26FN3O2. The highest BCUT2D eigenvalue weighted by molar-refractivity contribution is 5.89. The maximum atomic E-state index is 12.9. The lowest BCUT2D eigenvalue weighted by Gasteiger charge is -2.31. The predicted molar refractivity (Wildman–Crippen MR) is 99.6 cm³/mol. The fourth-order valence-electron chi connectivity index (χ4n) is 3.38. The standard InChI is InChI=1S/C20H26FN3O2/c1-14-11-17(15(2)26-14)13-24-9-7-16(8-10-24)12-22-20(25)23-19-5-3-18(21)4-6-19/h3-6,11,16H,7-10,12-13H2,1-2H3,(H2,22,23,25). The molecule has 0 spiro atoms. The average molecular weight is 359 g/mol. The summed E-state index contributed by atoms with van der Waals surface area (Å²) in [6, 6.07) is 7.62. The fourth-order valence-corrected chi connectivity index (χ4v) is 3.38. The van der Waals surface area contributed by atoms with Crippen LogP contribution in [0, 0.1) is 25.6 Å². The van der Waals surface area contributed by atoms with Crippen LogP contribution in [0.1, 0.15) is 29.9 Å². The van der Waals surface area contributed by atoms with E-state index in [0.717, 1.165) is 44.0 Å². The van der Waals surface area contributed by atoms with Crippen molar-refractivity contribution in [2.75, 3.05) is 25.0 Å². The van der Waals surface area contributed by atoms with Crippen molar-refractivity contribution in [1.82, 2.24) is 10.2 Å². The second-order valence-corrected chi connectivity index (χ2v) is 7.00. The Labute approximate surface area is 153 Å². The van der Waals surface area contributed by atoms with Crippen LogP contribution in [-0.2, 0) is 6.54 Å². The molecule has 26 heavy (non-hydrogen) atoms. The van der Waals surface area contributed by atoms with Crippen LogP contribution in [0.2, 0.25) is 0 Å². The highest BCUT2D eigenvalue weighted by Gasteiger charge is 2.21. The van der Waals surface area contributed by atoms with Crippen molar-refractivity contribution in [2.24, 2.45) is 5.92 Å². The minimum atomic E-state index is -0.316.